The van der Waals surface area contributed by atoms with Crippen LogP contribution in [-0.4, -0.2) is 37.2 Å². The summed E-state index contributed by atoms with van der Waals surface area (Å²) in [5.41, 5.74) is 0.820. The highest BCUT2D eigenvalue weighted by atomic mass is 16.5. The van der Waals surface area contributed by atoms with E-state index in [0.29, 0.717) is 5.75 Å². The lowest BCUT2D eigenvalue weighted by Crippen LogP contribution is -2.33. The fraction of sp³-hybridized carbons (Fsp3) is 0.429. The number of carbonyl (C=O) groups excluding carboxylic acids is 2. The van der Waals surface area contributed by atoms with Crippen molar-refractivity contribution in [2.24, 2.45) is 0 Å². The molecule has 1 atom stereocenters. The summed E-state index contributed by atoms with van der Waals surface area (Å²) in [6.07, 6.45) is 0.117. The summed E-state index contributed by atoms with van der Waals surface area (Å²) >= 11 is 0. The quantitative estimate of drug-likeness (QED) is 0.673. The zero-order valence-corrected chi connectivity index (χ0v) is 11.7. The molecule has 6 nitrogen and oxygen atoms in total. The number of hydrogen-bond acceptors (Lipinski definition) is 4. The second kappa shape index (κ2) is 8.16. The first kappa shape index (κ1) is 16.0. The Balaban J connectivity index is 2.76. The first-order valence-corrected chi connectivity index (χ1v) is 6.35. The van der Waals surface area contributed by atoms with E-state index in [1.165, 1.54) is 6.92 Å². The lowest BCUT2D eigenvalue weighted by molar-refractivity contribution is -0.122. The largest absolute Gasteiger partial charge is 0.497 e. The van der Waals surface area contributed by atoms with Gasteiger partial charge >= 0.3 is 0 Å². The van der Waals surface area contributed by atoms with Gasteiger partial charge in [-0.3, -0.25) is 9.59 Å². The van der Waals surface area contributed by atoms with Gasteiger partial charge < -0.3 is 20.5 Å². The van der Waals surface area contributed by atoms with Crippen molar-refractivity contribution in [2.45, 2.75) is 19.4 Å². The van der Waals surface area contributed by atoms with Crippen LogP contribution < -0.4 is 15.4 Å². The van der Waals surface area contributed by atoms with Crippen LogP contribution in [0.4, 0.5) is 0 Å². The summed E-state index contributed by atoms with van der Waals surface area (Å²) in [7, 11) is 1.57. The van der Waals surface area contributed by atoms with E-state index in [-0.39, 0.29) is 31.4 Å². The number of methoxy groups -OCH3 is 1. The van der Waals surface area contributed by atoms with Crippen LogP contribution in [0.2, 0.25) is 0 Å². The molecule has 0 bridgehead atoms. The Hall–Kier alpha value is -2.08. The van der Waals surface area contributed by atoms with Crippen molar-refractivity contribution in [3.63, 3.8) is 0 Å². The van der Waals surface area contributed by atoms with Gasteiger partial charge in [-0.1, -0.05) is 12.1 Å². The van der Waals surface area contributed by atoms with Crippen LogP contribution in [0.25, 0.3) is 0 Å². The average molecular weight is 280 g/mol. The molecule has 110 valence electrons. The number of ether oxygens (including phenoxy) is 1. The van der Waals surface area contributed by atoms with Crippen molar-refractivity contribution in [3.8, 4) is 5.75 Å². The number of rotatable bonds is 7. The SMILES string of the molecule is COc1ccc(C(CC(=O)NCCO)NC(C)=O)cc1. The Morgan fingerprint density at radius 2 is 1.95 bits per heavy atom. The van der Waals surface area contributed by atoms with Crippen LogP contribution in [0.15, 0.2) is 24.3 Å². The maximum absolute atomic E-state index is 11.7. The molecular weight excluding hydrogens is 260 g/mol. The van der Waals surface area contributed by atoms with E-state index in [9.17, 15) is 9.59 Å². The van der Waals surface area contributed by atoms with Crippen molar-refractivity contribution in [3.05, 3.63) is 29.8 Å². The molecule has 2 amide bonds. The van der Waals surface area contributed by atoms with Crippen LogP contribution in [0.5, 0.6) is 5.75 Å². The summed E-state index contributed by atoms with van der Waals surface area (Å²) in [5.74, 6) is 0.273. The van der Waals surface area contributed by atoms with Gasteiger partial charge in [0, 0.05) is 13.5 Å². The minimum Gasteiger partial charge on any atom is -0.497 e. The number of benzene rings is 1. The van der Waals surface area contributed by atoms with Crippen molar-refractivity contribution in [2.75, 3.05) is 20.3 Å². The molecule has 0 heterocycles. The Morgan fingerprint density at radius 3 is 2.45 bits per heavy atom. The molecule has 6 heteroatoms. The predicted molar refractivity (Wildman–Crippen MR) is 74.3 cm³/mol. The Bertz CT molecular complexity index is 445. The number of nitrogens with one attached hydrogen (secondary N) is 2. The fourth-order valence-electron chi connectivity index (χ4n) is 1.79. The molecule has 0 aliphatic heterocycles. The van der Waals surface area contributed by atoms with Crippen LogP contribution in [0.1, 0.15) is 24.9 Å². The molecule has 3 N–H and O–H groups in total. The van der Waals surface area contributed by atoms with Gasteiger partial charge in [-0.15, -0.1) is 0 Å². The van der Waals surface area contributed by atoms with Crippen molar-refractivity contribution in [1.29, 1.82) is 0 Å². The maximum atomic E-state index is 11.7. The van der Waals surface area contributed by atoms with Crippen LogP contribution in [0.3, 0.4) is 0 Å². The van der Waals surface area contributed by atoms with E-state index >= 15 is 0 Å². The van der Waals surface area contributed by atoms with E-state index < -0.39 is 6.04 Å². The monoisotopic (exact) mass is 280 g/mol. The van der Waals surface area contributed by atoms with Gasteiger partial charge in [0.2, 0.25) is 11.8 Å². The molecule has 1 rings (SSSR count). The molecule has 0 spiro atoms. The van der Waals surface area contributed by atoms with Crippen LogP contribution in [0, 0.1) is 0 Å². The molecule has 0 aliphatic carbocycles. The first-order chi connectivity index (χ1) is 9.56. The van der Waals surface area contributed by atoms with Gasteiger partial charge in [-0.05, 0) is 17.7 Å². The molecule has 1 aromatic rings. The zero-order valence-electron chi connectivity index (χ0n) is 11.7. The van der Waals surface area contributed by atoms with E-state index in [0.717, 1.165) is 5.56 Å². The van der Waals surface area contributed by atoms with Gasteiger partial charge in [0.25, 0.3) is 0 Å². The average Bonchev–Trinajstić information content (AvgIpc) is 2.44. The molecular formula is C14H20N2O4. The second-order valence-electron chi connectivity index (χ2n) is 4.30. The lowest BCUT2D eigenvalue weighted by atomic mass is 10.0. The maximum Gasteiger partial charge on any atom is 0.222 e. The van der Waals surface area contributed by atoms with Gasteiger partial charge in [-0.2, -0.15) is 0 Å². The van der Waals surface area contributed by atoms with Crippen molar-refractivity contribution >= 4 is 11.8 Å². The molecule has 1 unspecified atom stereocenters. The third kappa shape index (κ3) is 5.27. The Morgan fingerprint density at radius 1 is 1.30 bits per heavy atom. The van der Waals surface area contributed by atoms with E-state index in [2.05, 4.69) is 10.6 Å². The van der Waals surface area contributed by atoms with Gasteiger partial charge in [0.15, 0.2) is 0 Å². The third-order valence-corrected chi connectivity index (χ3v) is 2.72. The lowest BCUT2D eigenvalue weighted by Gasteiger charge is -2.18. The van der Waals surface area contributed by atoms with E-state index in [1.807, 2.05) is 0 Å². The number of aliphatic hydroxyl groups excluding tert-OH is 1. The van der Waals surface area contributed by atoms with Gasteiger partial charge in [0.1, 0.15) is 5.75 Å². The van der Waals surface area contributed by atoms with Crippen molar-refractivity contribution in [1.82, 2.24) is 10.6 Å². The summed E-state index contributed by atoms with van der Waals surface area (Å²) < 4.78 is 5.07. The highest BCUT2D eigenvalue weighted by Gasteiger charge is 2.16. The molecule has 0 saturated carbocycles. The number of aliphatic hydroxyl groups is 1. The van der Waals surface area contributed by atoms with Gasteiger partial charge in [-0.25, -0.2) is 0 Å². The minimum atomic E-state index is -0.405. The van der Waals surface area contributed by atoms with Crippen LogP contribution in [-0.2, 0) is 9.59 Å². The standard InChI is InChI=1S/C14H20N2O4/c1-10(18)16-13(9-14(19)15-7-8-17)11-3-5-12(20-2)6-4-11/h3-6,13,17H,7-9H2,1-2H3,(H,15,19)(H,16,18). The summed E-state index contributed by atoms with van der Waals surface area (Å²) in [6.45, 7) is 1.50. The second-order valence-corrected chi connectivity index (χ2v) is 4.30. The molecule has 20 heavy (non-hydrogen) atoms. The Kier molecular flexibility index (Phi) is 6.52. The smallest absolute Gasteiger partial charge is 0.222 e. The number of hydrogen-bond donors (Lipinski definition) is 3. The predicted octanol–water partition coefficient (Wildman–Crippen LogP) is 0.371. The molecule has 1 aromatic carbocycles. The minimum absolute atomic E-state index is 0.112. The zero-order chi connectivity index (χ0) is 15.0. The van der Waals surface area contributed by atoms with Crippen molar-refractivity contribution < 1.29 is 19.4 Å². The molecule has 0 aliphatic rings. The topological polar surface area (TPSA) is 87.7 Å². The summed E-state index contributed by atoms with van der Waals surface area (Å²) in [5, 5.41) is 14.0. The molecule has 0 saturated heterocycles. The molecule has 0 aromatic heterocycles. The third-order valence-electron chi connectivity index (χ3n) is 2.72. The van der Waals surface area contributed by atoms with E-state index in [4.69, 9.17) is 9.84 Å². The van der Waals surface area contributed by atoms with Gasteiger partial charge in [0.05, 0.1) is 26.2 Å². The van der Waals surface area contributed by atoms with Crippen LogP contribution >= 0.6 is 0 Å². The first-order valence-electron chi connectivity index (χ1n) is 6.35. The molecule has 0 radical (unpaired) electrons. The summed E-state index contributed by atoms with van der Waals surface area (Å²) in [4.78, 5) is 22.9. The Labute approximate surface area is 118 Å². The molecule has 0 fully saturated rings. The number of amides is 2. The van der Waals surface area contributed by atoms with E-state index in [1.54, 1.807) is 31.4 Å². The normalized spacial score (nSPS) is 11.6. The fourth-order valence-corrected chi connectivity index (χ4v) is 1.79. The summed E-state index contributed by atoms with van der Waals surface area (Å²) in [6, 6.07) is 6.75. The highest BCUT2D eigenvalue weighted by Crippen LogP contribution is 2.20. The highest BCUT2D eigenvalue weighted by molar-refractivity contribution is 5.79. The number of carbonyl (C=O) groups is 2.